The predicted octanol–water partition coefficient (Wildman–Crippen LogP) is 3.51. The van der Waals surface area contributed by atoms with Crippen molar-refractivity contribution in [1.82, 2.24) is 0 Å². The summed E-state index contributed by atoms with van der Waals surface area (Å²) in [6.45, 7) is 2.07. The van der Waals surface area contributed by atoms with Gasteiger partial charge in [-0.2, -0.15) is 0 Å². The Morgan fingerprint density at radius 2 is 1.71 bits per heavy atom. The molecule has 82 valence electrons. The van der Waals surface area contributed by atoms with E-state index in [1.807, 2.05) is 0 Å². The normalized spacial score (nSPS) is 28.7. The summed E-state index contributed by atoms with van der Waals surface area (Å²) in [5.74, 6) is 1.56. The van der Waals surface area contributed by atoms with Crippen LogP contribution in [-0.2, 0) is 0 Å². The van der Waals surface area contributed by atoms with Gasteiger partial charge in [-0.1, -0.05) is 32.1 Å². The van der Waals surface area contributed by atoms with Gasteiger partial charge in [-0.25, -0.2) is 0 Å². The van der Waals surface area contributed by atoms with Crippen LogP contribution < -0.4 is 0 Å². The second-order valence-corrected chi connectivity index (χ2v) is 5.67. The first-order chi connectivity index (χ1) is 6.68. The van der Waals surface area contributed by atoms with Crippen molar-refractivity contribution in [1.29, 1.82) is 0 Å². The molecule has 1 atom stereocenters. The largest absolute Gasteiger partial charge is 0.390 e. The van der Waals surface area contributed by atoms with E-state index in [4.69, 9.17) is 0 Å². The maximum atomic E-state index is 10.4. The molecule has 2 fully saturated rings. The third-order valence-corrected chi connectivity index (χ3v) is 4.24. The van der Waals surface area contributed by atoms with Gasteiger partial charge in [-0.05, 0) is 44.4 Å². The summed E-state index contributed by atoms with van der Waals surface area (Å²) in [5, 5.41) is 10.4. The van der Waals surface area contributed by atoms with Crippen molar-refractivity contribution in [2.45, 2.75) is 70.3 Å². The molecule has 0 aliphatic heterocycles. The van der Waals surface area contributed by atoms with E-state index < -0.39 is 0 Å². The highest BCUT2D eigenvalue weighted by atomic mass is 16.3. The average Bonchev–Trinajstić information content (AvgIpc) is 3.00. The molecule has 0 spiro atoms. The zero-order valence-electron chi connectivity index (χ0n) is 9.47. The van der Waals surface area contributed by atoms with Gasteiger partial charge in [-0.3, -0.25) is 0 Å². The molecule has 1 nitrogen and oxygen atoms in total. The fraction of sp³-hybridized carbons (Fsp3) is 1.00. The molecule has 2 aliphatic rings. The lowest BCUT2D eigenvalue weighted by atomic mass is 9.75. The lowest BCUT2D eigenvalue weighted by Gasteiger charge is -2.35. The molecule has 1 unspecified atom stereocenters. The summed E-state index contributed by atoms with van der Waals surface area (Å²) >= 11 is 0. The van der Waals surface area contributed by atoms with Gasteiger partial charge in [0, 0.05) is 0 Å². The first-order valence-corrected chi connectivity index (χ1v) is 6.41. The van der Waals surface area contributed by atoms with Crippen LogP contribution in [0.1, 0.15) is 64.7 Å². The summed E-state index contributed by atoms with van der Waals surface area (Å²) in [7, 11) is 0. The van der Waals surface area contributed by atoms with Gasteiger partial charge in [0.15, 0.2) is 0 Å². The van der Waals surface area contributed by atoms with Crippen LogP contribution in [0, 0.1) is 11.8 Å². The van der Waals surface area contributed by atoms with E-state index in [0.29, 0.717) is 5.92 Å². The molecule has 0 bridgehead atoms. The summed E-state index contributed by atoms with van der Waals surface area (Å²) in [4.78, 5) is 0. The average molecular weight is 196 g/mol. The number of rotatable bonds is 4. The Hall–Kier alpha value is -0.0400. The molecule has 0 amide bonds. The standard InChI is InChI=1S/C13H24O/c1-13(14,10-9-11-7-8-11)12-5-3-2-4-6-12/h11-12,14H,2-10H2,1H3. The lowest BCUT2D eigenvalue weighted by molar-refractivity contribution is -0.0260. The van der Waals surface area contributed by atoms with Crippen LogP contribution in [0.3, 0.4) is 0 Å². The number of hydrogen-bond donors (Lipinski definition) is 1. The van der Waals surface area contributed by atoms with Gasteiger partial charge in [0.05, 0.1) is 5.60 Å². The lowest BCUT2D eigenvalue weighted by Crippen LogP contribution is -2.35. The van der Waals surface area contributed by atoms with Gasteiger partial charge < -0.3 is 5.11 Å². The molecule has 2 aliphatic carbocycles. The van der Waals surface area contributed by atoms with E-state index in [-0.39, 0.29) is 5.60 Å². The minimum absolute atomic E-state index is 0.358. The van der Waals surface area contributed by atoms with Crippen molar-refractivity contribution in [3.63, 3.8) is 0 Å². The zero-order chi connectivity index (χ0) is 10.0. The van der Waals surface area contributed by atoms with Crippen LogP contribution in [-0.4, -0.2) is 10.7 Å². The quantitative estimate of drug-likeness (QED) is 0.729. The van der Waals surface area contributed by atoms with Crippen molar-refractivity contribution in [2.75, 3.05) is 0 Å². The highest BCUT2D eigenvalue weighted by molar-refractivity contribution is 4.86. The molecule has 0 aromatic heterocycles. The Morgan fingerprint density at radius 1 is 1.07 bits per heavy atom. The van der Waals surface area contributed by atoms with Crippen molar-refractivity contribution < 1.29 is 5.11 Å². The van der Waals surface area contributed by atoms with E-state index in [2.05, 4.69) is 6.92 Å². The predicted molar refractivity (Wildman–Crippen MR) is 59.2 cm³/mol. The maximum Gasteiger partial charge on any atom is 0.0647 e. The van der Waals surface area contributed by atoms with Crippen molar-refractivity contribution in [2.24, 2.45) is 11.8 Å². The Balaban J connectivity index is 1.78. The van der Waals surface area contributed by atoms with Crippen LogP contribution in [0.5, 0.6) is 0 Å². The van der Waals surface area contributed by atoms with Crippen LogP contribution in [0.15, 0.2) is 0 Å². The highest BCUT2D eigenvalue weighted by Crippen LogP contribution is 2.40. The van der Waals surface area contributed by atoms with E-state index in [9.17, 15) is 5.11 Å². The fourth-order valence-electron chi connectivity index (χ4n) is 2.83. The minimum Gasteiger partial charge on any atom is -0.390 e. The molecular weight excluding hydrogens is 172 g/mol. The second kappa shape index (κ2) is 4.22. The van der Waals surface area contributed by atoms with Gasteiger partial charge in [-0.15, -0.1) is 0 Å². The van der Waals surface area contributed by atoms with Gasteiger partial charge in [0.1, 0.15) is 0 Å². The molecule has 14 heavy (non-hydrogen) atoms. The molecule has 0 heterocycles. The smallest absolute Gasteiger partial charge is 0.0647 e. The van der Waals surface area contributed by atoms with Crippen LogP contribution in [0.25, 0.3) is 0 Å². The molecule has 2 saturated carbocycles. The maximum absolute atomic E-state index is 10.4. The fourth-order valence-corrected chi connectivity index (χ4v) is 2.83. The second-order valence-electron chi connectivity index (χ2n) is 5.67. The monoisotopic (exact) mass is 196 g/mol. The Bertz CT molecular complexity index is 176. The van der Waals surface area contributed by atoms with E-state index in [1.54, 1.807) is 0 Å². The third-order valence-electron chi connectivity index (χ3n) is 4.24. The summed E-state index contributed by atoms with van der Waals surface area (Å²) in [6, 6.07) is 0. The van der Waals surface area contributed by atoms with Gasteiger partial charge >= 0.3 is 0 Å². The van der Waals surface area contributed by atoms with Gasteiger partial charge in [0.25, 0.3) is 0 Å². The Kier molecular flexibility index (Phi) is 3.16. The molecule has 2 rings (SSSR count). The van der Waals surface area contributed by atoms with Crippen molar-refractivity contribution >= 4 is 0 Å². The molecule has 1 N–H and O–H groups in total. The molecular formula is C13H24O. The number of aliphatic hydroxyl groups is 1. The van der Waals surface area contributed by atoms with Crippen molar-refractivity contribution in [3.05, 3.63) is 0 Å². The topological polar surface area (TPSA) is 20.2 Å². The Labute approximate surface area is 87.9 Å². The van der Waals surface area contributed by atoms with Crippen LogP contribution >= 0.6 is 0 Å². The molecule has 0 aromatic carbocycles. The third kappa shape index (κ3) is 2.73. The first kappa shape index (κ1) is 10.5. The zero-order valence-corrected chi connectivity index (χ0v) is 9.47. The van der Waals surface area contributed by atoms with Crippen molar-refractivity contribution in [3.8, 4) is 0 Å². The summed E-state index contributed by atoms with van der Waals surface area (Å²) in [6.07, 6.45) is 11.7. The van der Waals surface area contributed by atoms with E-state index in [0.717, 1.165) is 12.3 Å². The van der Waals surface area contributed by atoms with Crippen LogP contribution in [0.2, 0.25) is 0 Å². The molecule has 0 aromatic rings. The first-order valence-electron chi connectivity index (χ1n) is 6.41. The summed E-state index contributed by atoms with van der Waals surface area (Å²) < 4.78 is 0. The Morgan fingerprint density at radius 3 is 2.29 bits per heavy atom. The van der Waals surface area contributed by atoms with E-state index in [1.165, 1.54) is 51.4 Å². The summed E-state index contributed by atoms with van der Waals surface area (Å²) in [5.41, 5.74) is -0.358. The van der Waals surface area contributed by atoms with Crippen LogP contribution in [0.4, 0.5) is 0 Å². The molecule has 0 radical (unpaired) electrons. The van der Waals surface area contributed by atoms with E-state index >= 15 is 0 Å². The molecule has 1 heteroatoms. The highest BCUT2D eigenvalue weighted by Gasteiger charge is 2.34. The number of hydrogen-bond acceptors (Lipinski definition) is 1. The van der Waals surface area contributed by atoms with Gasteiger partial charge in [0.2, 0.25) is 0 Å². The molecule has 0 saturated heterocycles. The minimum atomic E-state index is -0.358. The SMILES string of the molecule is CC(O)(CCC1CC1)C1CCCCC1.